The Morgan fingerprint density at radius 1 is 1.25 bits per heavy atom. The van der Waals surface area contributed by atoms with Gasteiger partial charge in [0.05, 0.1) is 13.2 Å². The zero-order chi connectivity index (χ0) is 13.9. The summed E-state index contributed by atoms with van der Waals surface area (Å²) in [6, 6.07) is 16.8. The van der Waals surface area contributed by atoms with Crippen LogP contribution in [-0.4, -0.2) is 12.9 Å². The fourth-order valence-corrected chi connectivity index (χ4v) is 4.04. The number of ether oxygens (including phenoxy) is 1. The molecule has 1 heterocycles. The molecule has 3 N–H and O–H groups in total. The molecule has 1 aliphatic heterocycles. The molecule has 2 aromatic rings. The van der Waals surface area contributed by atoms with Crippen LogP contribution in [0, 0.1) is 0 Å². The number of hydrazine groups is 1. The van der Waals surface area contributed by atoms with Crippen LogP contribution < -0.4 is 16.0 Å². The standard InChI is InChI=1S/C16H18N2OS/c1-19-12-6-4-5-11(9-12)16(18-17)14-10-20-15-8-3-2-7-13(14)15/h2-9,14,16,18H,10,17H2,1H3. The first-order valence-electron chi connectivity index (χ1n) is 6.65. The molecule has 2 aromatic carbocycles. The number of nitrogens with one attached hydrogen (secondary N) is 1. The summed E-state index contributed by atoms with van der Waals surface area (Å²) < 4.78 is 5.31. The molecule has 0 aromatic heterocycles. The highest BCUT2D eigenvalue weighted by Crippen LogP contribution is 2.45. The second-order valence-electron chi connectivity index (χ2n) is 4.88. The quantitative estimate of drug-likeness (QED) is 0.670. The molecule has 0 spiro atoms. The Balaban J connectivity index is 1.95. The molecule has 3 rings (SSSR count). The molecular weight excluding hydrogens is 268 g/mol. The van der Waals surface area contributed by atoms with Crippen molar-refractivity contribution < 1.29 is 4.74 Å². The van der Waals surface area contributed by atoms with E-state index in [1.807, 2.05) is 23.9 Å². The van der Waals surface area contributed by atoms with E-state index < -0.39 is 0 Å². The summed E-state index contributed by atoms with van der Waals surface area (Å²) in [5.41, 5.74) is 5.52. The summed E-state index contributed by atoms with van der Waals surface area (Å²) in [6.45, 7) is 0. The third-order valence-electron chi connectivity index (χ3n) is 3.77. The Kier molecular flexibility index (Phi) is 3.96. The molecule has 1 aliphatic rings. The topological polar surface area (TPSA) is 47.3 Å². The predicted molar refractivity (Wildman–Crippen MR) is 83.0 cm³/mol. The highest BCUT2D eigenvalue weighted by Gasteiger charge is 2.30. The maximum Gasteiger partial charge on any atom is 0.119 e. The molecule has 0 aliphatic carbocycles. The van der Waals surface area contributed by atoms with Crippen LogP contribution in [0.5, 0.6) is 5.75 Å². The van der Waals surface area contributed by atoms with Crippen LogP contribution >= 0.6 is 11.8 Å². The Hall–Kier alpha value is -1.49. The predicted octanol–water partition coefficient (Wildman–Crippen LogP) is 3.09. The van der Waals surface area contributed by atoms with Crippen LogP contribution in [0.25, 0.3) is 0 Å². The van der Waals surface area contributed by atoms with Gasteiger partial charge in [-0.2, -0.15) is 0 Å². The molecule has 104 valence electrons. The minimum Gasteiger partial charge on any atom is -0.497 e. The molecule has 2 unspecified atom stereocenters. The van der Waals surface area contributed by atoms with Crippen LogP contribution in [0.4, 0.5) is 0 Å². The van der Waals surface area contributed by atoms with Crippen LogP contribution in [0.3, 0.4) is 0 Å². The lowest BCUT2D eigenvalue weighted by atomic mass is 9.89. The number of methoxy groups -OCH3 is 1. The zero-order valence-electron chi connectivity index (χ0n) is 11.4. The molecule has 20 heavy (non-hydrogen) atoms. The molecule has 0 radical (unpaired) electrons. The molecule has 0 amide bonds. The van der Waals surface area contributed by atoms with Crippen molar-refractivity contribution in [2.45, 2.75) is 16.9 Å². The van der Waals surface area contributed by atoms with Crippen molar-refractivity contribution >= 4 is 11.8 Å². The van der Waals surface area contributed by atoms with E-state index in [4.69, 9.17) is 10.6 Å². The molecule has 2 atom stereocenters. The van der Waals surface area contributed by atoms with E-state index >= 15 is 0 Å². The van der Waals surface area contributed by atoms with Gasteiger partial charge in [0.1, 0.15) is 5.75 Å². The normalized spacial score (nSPS) is 18.6. The monoisotopic (exact) mass is 286 g/mol. The van der Waals surface area contributed by atoms with Crippen molar-refractivity contribution in [3.63, 3.8) is 0 Å². The van der Waals surface area contributed by atoms with Crippen molar-refractivity contribution in [3.05, 3.63) is 59.7 Å². The fraction of sp³-hybridized carbons (Fsp3) is 0.250. The van der Waals surface area contributed by atoms with E-state index in [1.165, 1.54) is 10.5 Å². The van der Waals surface area contributed by atoms with Gasteiger partial charge in [0.25, 0.3) is 0 Å². The average molecular weight is 286 g/mol. The third-order valence-corrected chi connectivity index (χ3v) is 4.98. The van der Waals surface area contributed by atoms with Crippen LogP contribution in [-0.2, 0) is 0 Å². The van der Waals surface area contributed by atoms with E-state index in [2.05, 4.69) is 41.8 Å². The largest absolute Gasteiger partial charge is 0.497 e. The second-order valence-corrected chi connectivity index (χ2v) is 5.94. The lowest BCUT2D eigenvalue weighted by Gasteiger charge is -2.24. The van der Waals surface area contributed by atoms with Gasteiger partial charge in [0, 0.05) is 16.6 Å². The van der Waals surface area contributed by atoms with Crippen LogP contribution in [0.2, 0.25) is 0 Å². The van der Waals surface area contributed by atoms with Gasteiger partial charge in [-0.3, -0.25) is 11.3 Å². The van der Waals surface area contributed by atoms with Gasteiger partial charge in [0.15, 0.2) is 0 Å². The SMILES string of the molecule is COc1cccc(C(NN)C2CSc3ccccc32)c1. The Morgan fingerprint density at radius 3 is 2.90 bits per heavy atom. The number of thioether (sulfide) groups is 1. The summed E-state index contributed by atoms with van der Waals surface area (Å²) >= 11 is 1.90. The third kappa shape index (κ3) is 2.42. The first kappa shape index (κ1) is 13.5. The minimum atomic E-state index is 0.0984. The van der Waals surface area contributed by atoms with Gasteiger partial charge in [-0.15, -0.1) is 11.8 Å². The number of hydrogen-bond donors (Lipinski definition) is 2. The van der Waals surface area contributed by atoms with E-state index in [0.29, 0.717) is 5.92 Å². The first-order chi connectivity index (χ1) is 9.83. The Bertz CT molecular complexity index is 603. The van der Waals surface area contributed by atoms with Crippen molar-refractivity contribution in [1.82, 2.24) is 5.43 Å². The molecule has 0 saturated carbocycles. The van der Waals surface area contributed by atoms with Crippen molar-refractivity contribution in [3.8, 4) is 5.75 Å². The minimum absolute atomic E-state index is 0.0984. The zero-order valence-corrected chi connectivity index (χ0v) is 12.2. The van der Waals surface area contributed by atoms with Gasteiger partial charge >= 0.3 is 0 Å². The molecule has 3 nitrogen and oxygen atoms in total. The lowest BCUT2D eigenvalue weighted by molar-refractivity contribution is 0.411. The second kappa shape index (κ2) is 5.87. The van der Waals surface area contributed by atoms with Crippen molar-refractivity contribution in [2.75, 3.05) is 12.9 Å². The van der Waals surface area contributed by atoms with E-state index in [9.17, 15) is 0 Å². The number of fused-ring (bicyclic) bond motifs is 1. The van der Waals surface area contributed by atoms with Gasteiger partial charge in [-0.25, -0.2) is 0 Å². The number of nitrogens with two attached hydrogens (primary N) is 1. The molecule has 0 saturated heterocycles. The number of rotatable bonds is 4. The van der Waals surface area contributed by atoms with Gasteiger partial charge < -0.3 is 4.74 Å². The molecule has 0 fully saturated rings. The van der Waals surface area contributed by atoms with Crippen LogP contribution in [0.1, 0.15) is 23.1 Å². The van der Waals surface area contributed by atoms with Crippen molar-refractivity contribution in [2.24, 2.45) is 5.84 Å². The summed E-state index contributed by atoms with van der Waals surface area (Å²) in [6.07, 6.45) is 0. The smallest absolute Gasteiger partial charge is 0.119 e. The van der Waals surface area contributed by atoms with Gasteiger partial charge in [0.2, 0.25) is 0 Å². The summed E-state index contributed by atoms with van der Waals surface area (Å²) in [5, 5.41) is 0. The van der Waals surface area contributed by atoms with Gasteiger partial charge in [-0.05, 0) is 29.3 Å². The van der Waals surface area contributed by atoms with E-state index in [-0.39, 0.29) is 6.04 Å². The summed E-state index contributed by atoms with van der Waals surface area (Å²) in [7, 11) is 1.69. The van der Waals surface area contributed by atoms with E-state index in [1.54, 1.807) is 7.11 Å². The maximum atomic E-state index is 5.83. The lowest BCUT2D eigenvalue weighted by Crippen LogP contribution is -2.32. The molecule has 0 bridgehead atoms. The Morgan fingerprint density at radius 2 is 2.10 bits per heavy atom. The molecule has 4 heteroatoms. The highest BCUT2D eigenvalue weighted by atomic mass is 32.2. The number of benzene rings is 2. The fourth-order valence-electron chi connectivity index (χ4n) is 2.74. The summed E-state index contributed by atoms with van der Waals surface area (Å²) in [4.78, 5) is 1.36. The van der Waals surface area contributed by atoms with Crippen molar-refractivity contribution in [1.29, 1.82) is 0 Å². The average Bonchev–Trinajstić information content (AvgIpc) is 2.93. The highest BCUT2D eigenvalue weighted by molar-refractivity contribution is 7.99. The first-order valence-corrected chi connectivity index (χ1v) is 7.64. The van der Waals surface area contributed by atoms with Gasteiger partial charge in [-0.1, -0.05) is 30.3 Å². The number of hydrogen-bond acceptors (Lipinski definition) is 4. The van der Waals surface area contributed by atoms with Crippen LogP contribution in [0.15, 0.2) is 53.4 Å². The molecular formula is C16H18N2OS. The maximum absolute atomic E-state index is 5.83. The summed E-state index contributed by atoms with van der Waals surface area (Å²) in [5.74, 6) is 8.13. The van der Waals surface area contributed by atoms with E-state index in [0.717, 1.165) is 17.1 Å². The Labute approximate surface area is 123 Å².